The number of para-hydroxylation sites is 1. The lowest BCUT2D eigenvalue weighted by atomic mass is 10.3. The average molecular weight is 308 g/mol. The molecule has 1 amide bonds. The first-order valence-corrected chi connectivity index (χ1v) is 6.98. The largest absolute Gasteiger partial charge is 0.349 e. The van der Waals surface area contributed by atoms with E-state index in [0.717, 1.165) is 0 Å². The number of halogens is 1. The van der Waals surface area contributed by atoms with Crippen LogP contribution >= 0.6 is 11.6 Å². The van der Waals surface area contributed by atoms with Gasteiger partial charge >= 0.3 is 0 Å². The maximum absolute atomic E-state index is 12.0. The summed E-state index contributed by atoms with van der Waals surface area (Å²) < 4.78 is 1.49. The zero-order valence-electron chi connectivity index (χ0n) is 12.2. The van der Waals surface area contributed by atoms with Crippen LogP contribution in [-0.2, 0) is 0 Å². The summed E-state index contributed by atoms with van der Waals surface area (Å²) in [5.74, 6) is -0.248. The molecule has 1 atom stereocenters. The van der Waals surface area contributed by atoms with Gasteiger partial charge in [0.15, 0.2) is 5.69 Å². The second kappa shape index (κ2) is 6.69. The van der Waals surface area contributed by atoms with Crippen molar-refractivity contribution in [3.05, 3.63) is 41.2 Å². The Balaban J connectivity index is 2.06. The lowest BCUT2D eigenvalue weighted by molar-refractivity contribution is 0.0938. The van der Waals surface area contributed by atoms with Crippen molar-refractivity contribution in [3.8, 4) is 5.69 Å². The summed E-state index contributed by atoms with van der Waals surface area (Å²) in [7, 11) is 3.93. The van der Waals surface area contributed by atoms with Gasteiger partial charge in [-0.25, -0.2) is 4.68 Å². The number of aromatic nitrogens is 3. The first kappa shape index (κ1) is 15.5. The van der Waals surface area contributed by atoms with Crippen molar-refractivity contribution in [1.82, 2.24) is 25.2 Å². The van der Waals surface area contributed by atoms with Gasteiger partial charge in [-0.05, 0) is 33.2 Å². The second-order valence-electron chi connectivity index (χ2n) is 5.02. The Morgan fingerprint density at radius 2 is 2.14 bits per heavy atom. The molecule has 21 heavy (non-hydrogen) atoms. The molecular formula is C14H18ClN5O. The first-order chi connectivity index (χ1) is 9.99. The molecule has 0 aliphatic heterocycles. The van der Waals surface area contributed by atoms with E-state index < -0.39 is 0 Å². The van der Waals surface area contributed by atoms with E-state index in [2.05, 4.69) is 15.6 Å². The van der Waals surface area contributed by atoms with Crippen molar-refractivity contribution >= 4 is 17.5 Å². The van der Waals surface area contributed by atoms with Gasteiger partial charge in [-0.2, -0.15) is 0 Å². The van der Waals surface area contributed by atoms with Crippen molar-refractivity contribution in [1.29, 1.82) is 0 Å². The van der Waals surface area contributed by atoms with Crippen LogP contribution in [-0.4, -0.2) is 52.5 Å². The average Bonchev–Trinajstić information content (AvgIpc) is 2.94. The van der Waals surface area contributed by atoms with Gasteiger partial charge in [-0.15, -0.1) is 5.10 Å². The van der Waals surface area contributed by atoms with Crippen LogP contribution in [0.15, 0.2) is 30.5 Å². The zero-order valence-corrected chi connectivity index (χ0v) is 13.0. The molecule has 112 valence electrons. The van der Waals surface area contributed by atoms with Crippen LogP contribution < -0.4 is 5.32 Å². The van der Waals surface area contributed by atoms with Crippen LogP contribution in [0.2, 0.25) is 5.02 Å². The van der Waals surface area contributed by atoms with Crippen molar-refractivity contribution < 1.29 is 4.79 Å². The lowest BCUT2D eigenvalue weighted by Crippen LogP contribution is -2.38. The monoisotopic (exact) mass is 307 g/mol. The molecule has 0 saturated carbocycles. The molecule has 0 unspecified atom stereocenters. The SMILES string of the molecule is C[C@H](CNC(=O)c1cn(-c2ccccc2Cl)nn1)N(C)C. The molecule has 0 aliphatic carbocycles. The van der Waals surface area contributed by atoms with Crippen molar-refractivity contribution in [2.45, 2.75) is 13.0 Å². The van der Waals surface area contributed by atoms with E-state index in [1.54, 1.807) is 12.3 Å². The van der Waals surface area contributed by atoms with Gasteiger partial charge < -0.3 is 10.2 Å². The minimum Gasteiger partial charge on any atom is -0.349 e. The van der Waals surface area contributed by atoms with Crippen LogP contribution in [0, 0.1) is 0 Å². The molecule has 7 heteroatoms. The maximum Gasteiger partial charge on any atom is 0.273 e. The highest BCUT2D eigenvalue weighted by Gasteiger charge is 2.14. The second-order valence-corrected chi connectivity index (χ2v) is 5.43. The molecular weight excluding hydrogens is 290 g/mol. The summed E-state index contributed by atoms with van der Waals surface area (Å²) >= 11 is 6.09. The Morgan fingerprint density at radius 1 is 1.43 bits per heavy atom. The molecule has 0 spiro atoms. The molecule has 0 aliphatic rings. The van der Waals surface area contributed by atoms with E-state index in [0.29, 0.717) is 17.3 Å². The summed E-state index contributed by atoms with van der Waals surface area (Å²) in [5.41, 5.74) is 0.952. The van der Waals surface area contributed by atoms with E-state index in [1.165, 1.54) is 4.68 Å². The predicted molar refractivity (Wildman–Crippen MR) is 81.9 cm³/mol. The van der Waals surface area contributed by atoms with Gasteiger partial charge in [0.1, 0.15) is 0 Å². The highest BCUT2D eigenvalue weighted by atomic mass is 35.5. The molecule has 1 aromatic heterocycles. The molecule has 0 bridgehead atoms. The lowest BCUT2D eigenvalue weighted by Gasteiger charge is -2.19. The fourth-order valence-electron chi connectivity index (χ4n) is 1.64. The number of rotatable bonds is 5. The van der Waals surface area contributed by atoms with Crippen LogP contribution in [0.25, 0.3) is 5.69 Å². The molecule has 1 N–H and O–H groups in total. The number of carbonyl (C=O) groups excluding carboxylic acids is 1. The normalized spacial score (nSPS) is 12.4. The smallest absolute Gasteiger partial charge is 0.273 e. The Labute approximate surface area is 128 Å². The van der Waals surface area contributed by atoms with E-state index in [9.17, 15) is 4.79 Å². The molecule has 2 rings (SSSR count). The predicted octanol–water partition coefficient (Wildman–Crippen LogP) is 1.60. The van der Waals surface area contributed by atoms with Crippen molar-refractivity contribution in [3.63, 3.8) is 0 Å². The minimum absolute atomic E-state index is 0.243. The fourth-order valence-corrected chi connectivity index (χ4v) is 1.86. The number of amides is 1. The minimum atomic E-state index is -0.248. The van der Waals surface area contributed by atoms with Crippen LogP contribution in [0.5, 0.6) is 0 Å². The highest BCUT2D eigenvalue weighted by Crippen LogP contribution is 2.18. The van der Waals surface area contributed by atoms with E-state index in [1.807, 2.05) is 44.1 Å². The Hall–Kier alpha value is -1.92. The Morgan fingerprint density at radius 3 is 2.81 bits per heavy atom. The molecule has 0 radical (unpaired) electrons. The molecule has 1 heterocycles. The van der Waals surface area contributed by atoms with Gasteiger partial charge in [0, 0.05) is 12.6 Å². The maximum atomic E-state index is 12.0. The highest BCUT2D eigenvalue weighted by molar-refractivity contribution is 6.32. The molecule has 0 saturated heterocycles. The molecule has 1 aromatic carbocycles. The van der Waals surface area contributed by atoms with Gasteiger partial charge in [-0.3, -0.25) is 4.79 Å². The Kier molecular flexibility index (Phi) is 4.93. The van der Waals surface area contributed by atoms with Crippen molar-refractivity contribution in [2.75, 3.05) is 20.6 Å². The third kappa shape index (κ3) is 3.80. The van der Waals surface area contributed by atoms with Crippen LogP contribution in [0.3, 0.4) is 0 Å². The third-order valence-corrected chi connectivity index (χ3v) is 3.58. The van der Waals surface area contributed by atoms with Crippen LogP contribution in [0.4, 0.5) is 0 Å². The Bertz CT molecular complexity index is 625. The number of nitrogens with one attached hydrogen (secondary N) is 1. The molecule has 0 fully saturated rings. The van der Waals surface area contributed by atoms with Gasteiger partial charge in [-0.1, -0.05) is 28.9 Å². The zero-order chi connectivity index (χ0) is 15.4. The van der Waals surface area contributed by atoms with Gasteiger partial charge in [0.2, 0.25) is 0 Å². The van der Waals surface area contributed by atoms with Gasteiger partial charge in [0.25, 0.3) is 5.91 Å². The number of likely N-dealkylation sites (N-methyl/N-ethyl adjacent to an activating group) is 1. The first-order valence-electron chi connectivity index (χ1n) is 6.61. The summed E-state index contributed by atoms with van der Waals surface area (Å²) in [6.45, 7) is 2.58. The van der Waals surface area contributed by atoms with E-state index in [-0.39, 0.29) is 17.6 Å². The quantitative estimate of drug-likeness (QED) is 0.911. The summed E-state index contributed by atoms with van der Waals surface area (Å²) in [6, 6.07) is 7.50. The number of benzene rings is 1. The topological polar surface area (TPSA) is 63.1 Å². The summed E-state index contributed by atoms with van der Waals surface area (Å²) in [6.07, 6.45) is 1.57. The number of carbonyl (C=O) groups is 1. The van der Waals surface area contributed by atoms with E-state index in [4.69, 9.17) is 11.6 Å². The third-order valence-electron chi connectivity index (χ3n) is 3.26. The standard InChI is InChI=1S/C14H18ClN5O/c1-10(19(2)3)8-16-14(21)12-9-20(18-17-12)13-7-5-4-6-11(13)15/h4-7,9-10H,8H2,1-3H3,(H,16,21)/t10-/m1/s1. The number of hydrogen-bond acceptors (Lipinski definition) is 4. The number of nitrogens with zero attached hydrogens (tertiary/aromatic N) is 4. The van der Waals surface area contributed by atoms with Crippen molar-refractivity contribution in [2.24, 2.45) is 0 Å². The van der Waals surface area contributed by atoms with Crippen LogP contribution in [0.1, 0.15) is 17.4 Å². The summed E-state index contributed by atoms with van der Waals surface area (Å²) in [5, 5.41) is 11.2. The van der Waals surface area contributed by atoms with E-state index >= 15 is 0 Å². The molecule has 2 aromatic rings. The molecule has 6 nitrogen and oxygen atoms in total. The summed E-state index contributed by atoms with van der Waals surface area (Å²) in [4.78, 5) is 14.1. The fraction of sp³-hybridized carbons (Fsp3) is 0.357. The number of hydrogen-bond donors (Lipinski definition) is 1. The van der Waals surface area contributed by atoms with Gasteiger partial charge in [0.05, 0.1) is 16.9 Å².